The van der Waals surface area contributed by atoms with E-state index in [1.165, 1.54) is 5.56 Å². The summed E-state index contributed by atoms with van der Waals surface area (Å²) in [5, 5.41) is 4.25. The van der Waals surface area contributed by atoms with Gasteiger partial charge >= 0.3 is 0 Å². The van der Waals surface area contributed by atoms with Gasteiger partial charge in [0.1, 0.15) is 22.3 Å². The number of rotatable bonds is 5. The second kappa shape index (κ2) is 11.4. The number of aromatic nitrogens is 3. The molecule has 5 nitrogen and oxygen atoms in total. The second-order valence-corrected chi connectivity index (χ2v) is 12.4. The van der Waals surface area contributed by atoms with Crippen LogP contribution in [0.4, 0.5) is 0 Å². The zero-order valence-electron chi connectivity index (χ0n) is 26.7. The Morgan fingerprint density at radius 3 is 1.62 bits per heavy atom. The van der Waals surface area contributed by atoms with E-state index in [4.69, 9.17) is 23.8 Å². The van der Waals surface area contributed by atoms with Crippen LogP contribution in [0.1, 0.15) is 0 Å². The van der Waals surface area contributed by atoms with Crippen LogP contribution in [0.25, 0.3) is 100 Å². The lowest BCUT2D eigenvalue weighted by Crippen LogP contribution is -2.00. The molecule has 0 fully saturated rings. The van der Waals surface area contributed by atoms with Crippen LogP contribution in [0.3, 0.4) is 0 Å². The fourth-order valence-electron chi connectivity index (χ4n) is 6.92. The Morgan fingerprint density at radius 2 is 0.820 bits per heavy atom. The topological polar surface area (TPSA) is 65.0 Å². The highest BCUT2D eigenvalue weighted by Crippen LogP contribution is 2.39. The van der Waals surface area contributed by atoms with E-state index in [0.717, 1.165) is 77.3 Å². The first-order valence-corrected chi connectivity index (χ1v) is 16.6. The molecule has 0 radical (unpaired) electrons. The van der Waals surface area contributed by atoms with Gasteiger partial charge in [-0.3, -0.25) is 0 Å². The molecule has 0 aliphatic carbocycles. The van der Waals surface area contributed by atoms with Gasteiger partial charge in [-0.1, -0.05) is 115 Å². The first kappa shape index (κ1) is 28.2. The highest BCUT2D eigenvalue weighted by Gasteiger charge is 2.17. The van der Waals surface area contributed by atoms with Gasteiger partial charge in [-0.05, 0) is 70.8 Å². The molecule has 0 amide bonds. The highest BCUT2D eigenvalue weighted by molar-refractivity contribution is 6.13. The molecular weight excluding hydrogens is 615 g/mol. The first-order valence-electron chi connectivity index (χ1n) is 16.6. The van der Waals surface area contributed by atoms with E-state index in [1.807, 2.05) is 72.8 Å². The number of hydrogen-bond donors (Lipinski definition) is 0. The zero-order chi connectivity index (χ0) is 33.0. The fourth-order valence-corrected chi connectivity index (χ4v) is 6.92. The van der Waals surface area contributed by atoms with Crippen molar-refractivity contribution in [3.63, 3.8) is 0 Å². The second-order valence-electron chi connectivity index (χ2n) is 12.4. The van der Waals surface area contributed by atoms with Crippen LogP contribution in [-0.4, -0.2) is 15.0 Å². The fraction of sp³-hybridized carbons (Fsp3) is 0. The predicted molar refractivity (Wildman–Crippen MR) is 202 cm³/mol. The summed E-state index contributed by atoms with van der Waals surface area (Å²) < 4.78 is 12.5. The Balaban J connectivity index is 1.13. The molecule has 0 bridgehead atoms. The number of fused-ring (bicyclic) bond motifs is 6. The van der Waals surface area contributed by atoms with Crippen molar-refractivity contribution in [3.05, 3.63) is 164 Å². The maximum atomic E-state index is 6.36. The van der Waals surface area contributed by atoms with Crippen molar-refractivity contribution in [2.45, 2.75) is 0 Å². The molecule has 7 aromatic carbocycles. The van der Waals surface area contributed by atoms with Crippen molar-refractivity contribution in [2.75, 3.05) is 0 Å². The minimum Gasteiger partial charge on any atom is -0.456 e. The molecule has 0 saturated carbocycles. The van der Waals surface area contributed by atoms with Crippen LogP contribution in [0.2, 0.25) is 0 Å². The van der Waals surface area contributed by atoms with Gasteiger partial charge in [0, 0.05) is 38.2 Å². The van der Waals surface area contributed by atoms with Crippen LogP contribution in [-0.2, 0) is 0 Å². The number of benzene rings is 7. The van der Waals surface area contributed by atoms with Crippen LogP contribution < -0.4 is 0 Å². The summed E-state index contributed by atoms with van der Waals surface area (Å²) in [7, 11) is 0. The molecular formula is C45H27N3O2. The van der Waals surface area contributed by atoms with E-state index in [0.29, 0.717) is 17.5 Å². The maximum Gasteiger partial charge on any atom is 0.164 e. The summed E-state index contributed by atoms with van der Waals surface area (Å²) in [5.41, 5.74) is 10.6. The monoisotopic (exact) mass is 641 g/mol. The van der Waals surface area contributed by atoms with E-state index in [2.05, 4.69) is 91.0 Å². The van der Waals surface area contributed by atoms with Crippen LogP contribution in [0.15, 0.2) is 173 Å². The summed E-state index contributed by atoms with van der Waals surface area (Å²) in [5.74, 6) is 1.82. The molecule has 0 spiro atoms. The van der Waals surface area contributed by atoms with Crippen molar-refractivity contribution in [1.82, 2.24) is 15.0 Å². The number of nitrogens with zero attached hydrogens (tertiary/aromatic N) is 3. The van der Waals surface area contributed by atoms with Crippen LogP contribution in [0.5, 0.6) is 0 Å². The third-order valence-corrected chi connectivity index (χ3v) is 9.34. The van der Waals surface area contributed by atoms with E-state index in [-0.39, 0.29) is 0 Å². The molecule has 0 aliphatic rings. The van der Waals surface area contributed by atoms with E-state index >= 15 is 0 Å². The molecule has 0 unspecified atom stereocenters. The molecule has 0 aliphatic heterocycles. The standard InChI is InChI=1S/C45H27N3O2/c1-3-11-28(12-4-1)30-21-23-40-37(26-30)42-34(18-10-20-41(42)50-40)31-15-9-16-32(25-31)44-46-43(29-13-5-2-6-14-29)47-45(48-44)33-22-24-39-36(27-33)35-17-7-8-19-38(35)49-39/h1-27H. The number of furan rings is 2. The van der Waals surface area contributed by atoms with Gasteiger partial charge in [0.25, 0.3) is 0 Å². The molecule has 0 N–H and O–H groups in total. The summed E-state index contributed by atoms with van der Waals surface area (Å²) >= 11 is 0. The van der Waals surface area contributed by atoms with Gasteiger partial charge in [-0.2, -0.15) is 0 Å². The molecule has 5 heteroatoms. The van der Waals surface area contributed by atoms with Crippen LogP contribution in [0, 0.1) is 0 Å². The molecule has 3 aromatic heterocycles. The lowest BCUT2D eigenvalue weighted by Gasteiger charge is -2.10. The SMILES string of the molecule is c1ccc(-c2ccc3oc4cccc(-c5cccc(-c6nc(-c7ccccc7)nc(-c7ccc8oc9ccccc9c8c7)n6)c5)c4c3c2)cc1. The molecule has 0 saturated heterocycles. The first-order chi connectivity index (χ1) is 24.7. The Hall–Kier alpha value is -6.85. The molecule has 10 rings (SSSR count). The zero-order valence-corrected chi connectivity index (χ0v) is 26.7. The van der Waals surface area contributed by atoms with Crippen LogP contribution >= 0.6 is 0 Å². The summed E-state index contributed by atoms with van der Waals surface area (Å²) in [6.07, 6.45) is 0. The Kier molecular flexibility index (Phi) is 6.42. The summed E-state index contributed by atoms with van der Waals surface area (Å²) in [6.45, 7) is 0. The Labute approximate surface area is 287 Å². The smallest absolute Gasteiger partial charge is 0.164 e. The minimum absolute atomic E-state index is 0.600. The van der Waals surface area contributed by atoms with E-state index in [1.54, 1.807) is 0 Å². The Bertz CT molecular complexity index is 2870. The minimum atomic E-state index is 0.600. The van der Waals surface area contributed by atoms with Crippen molar-refractivity contribution >= 4 is 43.9 Å². The largest absolute Gasteiger partial charge is 0.456 e. The van der Waals surface area contributed by atoms with Crippen molar-refractivity contribution in [3.8, 4) is 56.4 Å². The molecule has 3 heterocycles. The quantitative estimate of drug-likeness (QED) is 0.187. The van der Waals surface area contributed by atoms with Crippen molar-refractivity contribution < 1.29 is 8.83 Å². The van der Waals surface area contributed by atoms with Gasteiger partial charge in [0.15, 0.2) is 17.5 Å². The molecule has 0 atom stereocenters. The molecule has 234 valence electrons. The molecule has 50 heavy (non-hydrogen) atoms. The highest BCUT2D eigenvalue weighted by atomic mass is 16.3. The third-order valence-electron chi connectivity index (χ3n) is 9.34. The van der Waals surface area contributed by atoms with Gasteiger partial charge in [0.05, 0.1) is 0 Å². The Morgan fingerprint density at radius 1 is 0.300 bits per heavy atom. The average molecular weight is 642 g/mol. The number of para-hydroxylation sites is 1. The average Bonchev–Trinajstić information content (AvgIpc) is 3.76. The maximum absolute atomic E-state index is 6.36. The van der Waals surface area contributed by atoms with E-state index < -0.39 is 0 Å². The summed E-state index contributed by atoms with van der Waals surface area (Å²) in [6, 6.07) is 55.8. The lowest BCUT2D eigenvalue weighted by atomic mass is 9.96. The predicted octanol–water partition coefficient (Wildman–Crippen LogP) is 12.0. The van der Waals surface area contributed by atoms with Gasteiger partial charge in [-0.15, -0.1) is 0 Å². The molecule has 10 aromatic rings. The normalized spacial score (nSPS) is 11.6. The number of hydrogen-bond acceptors (Lipinski definition) is 5. The van der Waals surface area contributed by atoms with Gasteiger partial charge < -0.3 is 8.83 Å². The van der Waals surface area contributed by atoms with Gasteiger partial charge in [-0.25, -0.2) is 15.0 Å². The van der Waals surface area contributed by atoms with E-state index in [9.17, 15) is 0 Å². The van der Waals surface area contributed by atoms with Crippen molar-refractivity contribution in [1.29, 1.82) is 0 Å². The summed E-state index contributed by atoms with van der Waals surface area (Å²) in [4.78, 5) is 15.1. The van der Waals surface area contributed by atoms with Crippen molar-refractivity contribution in [2.24, 2.45) is 0 Å². The van der Waals surface area contributed by atoms with Gasteiger partial charge in [0.2, 0.25) is 0 Å². The third kappa shape index (κ3) is 4.75. The lowest BCUT2D eigenvalue weighted by molar-refractivity contribution is 0.668.